The summed E-state index contributed by atoms with van der Waals surface area (Å²) < 4.78 is 24.1. The second-order valence-electron chi connectivity index (χ2n) is 8.42. The maximum absolute atomic E-state index is 12.7. The first-order valence-corrected chi connectivity index (χ1v) is 12.5. The zero-order chi connectivity index (χ0) is 22.6. The maximum atomic E-state index is 12.7. The first-order chi connectivity index (χ1) is 14.7. The Morgan fingerprint density at radius 2 is 1.84 bits per heavy atom. The molecule has 1 aliphatic carbocycles. The standard InChI is InChI=1S/C22H31N3O5S/c1-24(31(2,29)30)13-6-14-25-15-19(20(26)22(25)28)21(27)23-18-11-9-17(10-12-18)16-7-4-3-5-8-16/h3-5,7-8,17-18,26H,6,9-15H2,1-2H3,(H,23,27). The van der Waals surface area contributed by atoms with Gasteiger partial charge in [0.25, 0.3) is 11.8 Å². The molecule has 2 amide bonds. The highest BCUT2D eigenvalue weighted by molar-refractivity contribution is 7.88. The van der Waals surface area contributed by atoms with Gasteiger partial charge in [-0.1, -0.05) is 30.3 Å². The zero-order valence-electron chi connectivity index (χ0n) is 18.1. The molecule has 0 aromatic heterocycles. The van der Waals surface area contributed by atoms with Crippen LogP contribution in [0.2, 0.25) is 0 Å². The van der Waals surface area contributed by atoms with E-state index in [1.807, 2.05) is 18.2 Å². The number of carbonyl (C=O) groups is 2. The number of aliphatic hydroxyl groups is 1. The molecule has 8 nitrogen and oxygen atoms in total. The van der Waals surface area contributed by atoms with E-state index in [2.05, 4.69) is 17.4 Å². The van der Waals surface area contributed by atoms with Crippen molar-refractivity contribution in [2.75, 3.05) is 32.9 Å². The average Bonchev–Trinajstić information content (AvgIpc) is 3.03. The van der Waals surface area contributed by atoms with Gasteiger partial charge in [0.1, 0.15) is 0 Å². The minimum Gasteiger partial charge on any atom is -0.503 e. The summed E-state index contributed by atoms with van der Waals surface area (Å²) in [6, 6.07) is 10.4. The number of hydrogen-bond donors (Lipinski definition) is 2. The van der Waals surface area contributed by atoms with E-state index < -0.39 is 27.6 Å². The number of amides is 2. The molecule has 1 heterocycles. The number of nitrogens with one attached hydrogen (secondary N) is 1. The molecule has 0 radical (unpaired) electrons. The molecule has 2 aliphatic rings. The Bertz CT molecular complexity index is 937. The highest BCUT2D eigenvalue weighted by Gasteiger charge is 2.35. The van der Waals surface area contributed by atoms with Gasteiger partial charge in [0.05, 0.1) is 18.4 Å². The summed E-state index contributed by atoms with van der Waals surface area (Å²) in [6.45, 7) is 0.565. The van der Waals surface area contributed by atoms with E-state index in [1.165, 1.54) is 21.8 Å². The van der Waals surface area contributed by atoms with Crippen molar-refractivity contribution in [1.82, 2.24) is 14.5 Å². The Hall–Kier alpha value is -2.39. The molecule has 0 unspecified atom stereocenters. The lowest BCUT2D eigenvalue weighted by Crippen LogP contribution is -2.39. The van der Waals surface area contributed by atoms with Crippen LogP contribution in [0.4, 0.5) is 0 Å². The molecule has 2 N–H and O–H groups in total. The van der Waals surface area contributed by atoms with Crippen molar-refractivity contribution in [3.05, 3.63) is 47.2 Å². The molecule has 0 bridgehead atoms. The summed E-state index contributed by atoms with van der Waals surface area (Å²) in [5, 5.41) is 13.2. The van der Waals surface area contributed by atoms with Crippen LogP contribution in [0.15, 0.2) is 41.7 Å². The first-order valence-electron chi connectivity index (χ1n) is 10.7. The largest absolute Gasteiger partial charge is 0.503 e. The summed E-state index contributed by atoms with van der Waals surface area (Å²) in [5.74, 6) is -0.993. The van der Waals surface area contributed by atoms with Gasteiger partial charge in [0.15, 0.2) is 5.76 Å². The fraction of sp³-hybridized carbons (Fsp3) is 0.545. The van der Waals surface area contributed by atoms with Gasteiger partial charge in [-0.15, -0.1) is 0 Å². The number of benzene rings is 1. The molecular weight excluding hydrogens is 418 g/mol. The van der Waals surface area contributed by atoms with Crippen molar-refractivity contribution in [3.63, 3.8) is 0 Å². The van der Waals surface area contributed by atoms with Crippen molar-refractivity contribution in [3.8, 4) is 0 Å². The fourth-order valence-electron chi connectivity index (χ4n) is 4.20. The lowest BCUT2D eigenvalue weighted by atomic mass is 9.82. The maximum Gasteiger partial charge on any atom is 0.289 e. The van der Waals surface area contributed by atoms with Crippen LogP contribution in [0, 0.1) is 0 Å². The van der Waals surface area contributed by atoms with E-state index in [1.54, 1.807) is 0 Å². The van der Waals surface area contributed by atoms with Gasteiger partial charge < -0.3 is 15.3 Å². The van der Waals surface area contributed by atoms with Crippen LogP contribution in [0.25, 0.3) is 0 Å². The molecule has 1 saturated carbocycles. The van der Waals surface area contributed by atoms with Crippen LogP contribution in [-0.2, 0) is 19.6 Å². The van der Waals surface area contributed by atoms with Crippen LogP contribution in [0.3, 0.4) is 0 Å². The summed E-state index contributed by atoms with van der Waals surface area (Å²) in [5.41, 5.74) is 1.41. The van der Waals surface area contributed by atoms with Crippen molar-refractivity contribution in [2.24, 2.45) is 0 Å². The number of aliphatic hydroxyl groups excluding tert-OH is 1. The van der Waals surface area contributed by atoms with Crippen LogP contribution < -0.4 is 5.32 Å². The van der Waals surface area contributed by atoms with Crippen molar-refractivity contribution in [2.45, 2.75) is 44.1 Å². The van der Waals surface area contributed by atoms with Gasteiger partial charge in [-0.05, 0) is 43.6 Å². The van der Waals surface area contributed by atoms with E-state index in [4.69, 9.17) is 0 Å². The predicted molar refractivity (Wildman–Crippen MR) is 118 cm³/mol. The van der Waals surface area contributed by atoms with Gasteiger partial charge in [-0.25, -0.2) is 12.7 Å². The molecule has 0 saturated heterocycles. The molecule has 0 atom stereocenters. The van der Waals surface area contributed by atoms with Crippen LogP contribution in [0.1, 0.15) is 43.6 Å². The summed E-state index contributed by atoms with van der Waals surface area (Å²) >= 11 is 0. The average molecular weight is 450 g/mol. The van der Waals surface area contributed by atoms with Crippen molar-refractivity contribution >= 4 is 21.8 Å². The second kappa shape index (κ2) is 9.82. The minimum atomic E-state index is -3.28. The highest BCUT2D eigenvalue weighted by atomic mass is 32.2. The predicted octanol–water partition coefficient (Wildman–Crippen LogP) is 1.76. The quantitative estimate of drug-likeness (QED) is 0.629. The summed E-state index contributed by atoms with van der Waals surface area (Å²) in [6.07, 6.45) is 5.22. The Kier molecular flexibility index (Phi) is 7.38. The molecule has 0 spiro atoms. The lowest BCUT2D eigenvalue weighted by Gasteiger charge is -2.29. The molecule has 170 valence electrons. The van der Waals surface area contributed by atoms with Gasteiger partial charge in [0, 0.05) is 26.2 Å². The highest BCUT2D eigenvalue weighted by Crippen LogP contribution is 2.33. The van der Waals surface area contributed by atoms with Crippen molar-refractivity contribution < 1.29 is 23.1 Å². The van der Waals surface area contributed by atoms with Crippen LogP contribution in [-0.4, -0.2) is 73.5 Å². The van der Waals surface area contributed by atoms with E-state index in [9.17, 15) is 23.1 Å². The molecule has 1 aromatic rings. The monoisotopic (exact) mass is 449 g/mol. The van der Waals surface area contributed by atoms with Crippen LogP contribution >= 0.6 is 0 Å². The fourth-order valence-corrected chi connectivity index (χ4v) is 4.66. The topological polar surface area (TPSA) is 107 Å². The van der Waals surface area contributed by atoms with Gasteiger partial charge in [-0.2, -0.15) is 0 Å². The smallest absolute Gasteiger partial charge is 0.289 e. The van der Waals surface area contributed by atoms with Gasteiger partial charge >= 0.3 is 0 Å². The summed E-state index contributed by atoms with van der Waals surface area (Å²) in [7, 11) is -1.80. The third-order valence-electron chi connectivity index (χ3n) is 6.20. The Labute approximate surface area is 184 Å². The Balaban J connectivity index is 1.48. The number of nitrogens with zero attached hydrogens (tertiary/aromatic N) is 2. The van der Waals surface area contributed by atoms with Crippen molar-refractivity contribution in [1.29, 1.82) is 0 Å². The Morgan fingerprint density at radius 1 is 1.19 bits per heavy atom. The van der Waals surface area contributed by atoms with E-state index in [0.717, 1.165) is 31.9 Å². The number of hydrogen-bond acceptors (Lipinski definition) is 5. The molecule has 3 rings (SSSR count). The van der Waals surface area contributed by atoms with Gasteiger partial charge in [-0.3, -0.25) is 9.59 Å². The minimum absolute atomic E-state index is 0.0281. The normalized spacial score (nSPS) is 22.3. The second-order valence-corrected chi connectivity index (χ2v) is 10.5. The third-order valence-corrected chi connectivity index (χ3v) is 7.51. The zero-order valence-corrected chi connectivity index (χ0v) is 18.9. The van der Waals surface area contributed by atoms with E-state index in [-0.39, 0.29) is 31.2 Å². The van der Waals surface area contributed by atoms with Gasteiger partial charge in [0.2, 0.25) is 10.0 Å². The molecule has 1 aromatic carbocycles. The molecule has 1 fully saturated rings. The molecule has 1 aliphatic heterocycles. The lowest BCUT2D eigenvalue weighted by molar-refractivity contribution is -0.127. The summed E-state index contributed by atoms with van der Waals surface area (Å²) in [4.78, 5) is 26.4. The number of sulfonamides is 1. The van der Waals surface area contributed by atoms with E-state index >= 15 is 0 Å². The molecular formula is C22H31N3O5S. The SMILES string of the molecule is CN(CCCN1CC(C(=O)NC2CCC(c3ccccc3)CC2)=C(O)C1=O)S(C)(=O)=O. The first kappa shape index (κ1) is 23.3. The molecule has 9 heteroatoms. The van der Waals surface area contributed by atoms with Crippen LogP contribution in [0.5, 0.6) is 0 Å². The van der Waals surface area contributed by atoms with E-state index in [0.29, 0.717) is 12.3 Å². The Morgan fingerprint density at radius 3 is 2.45 bits per heavy atom. The number of rotatable bonds is 8. The third kappa shape index (κ3) is 5.86. The number of carbonyl (C=O) groups excluding carboxylic acids is 2. The molecule has 31 heavy (non-hydrogen) atoms.